The number of methoxy groups -OCH3 is 1. The molecule has 3 heterocycles. The molecule has 1 aromatic carbocycles. The molecule has 2 aromatic rings. The summed E-state index contributed by atoms with van der Waals surface area (Å²) < 4.78 is 31.6. The van der Waals surface area contributed by atoms with Gasteiger partial charge in [-0.3, -0.25) is 4.79 Å². The van der Waals surface area contributed by atoms with Crippen molar-refractivity contribution < 1.29 is 17.9 Å². The Morgan fingerprint density at radius 2 is 1.96 bits per heavy atom. The maximum Gasteiger partial charge on any atom is 0.241 e. The summed E-state index contributed by atoms with van der Waals surface area (Å²) in [7, 11) is -1.71. The van der Waals surface area contributed by atoms with E-state index < -0.39 is 16.1 Å². The fourth-order valence-electron chi connectivity index (χ4n) is 3.87. The van der Waals surface area contributed by atoms with E-state index in [0.29, 0.717) is 39.1 Å². The van der Waals surface area contributed by atoms with Crippen molar-refractivity contribution in [2.24, 2.45) is 0 Å². The number of ether oxygens (including phenoxy) is 1. The van der Waals surface area contributed by atoms with Crippen LogP contribution in [0.2, 0.25) is 0 Å². The van der Waals surface area contributed by atoms with Crippen molar-refractivity contribution >= 4 is 42.6 Å². The van der Waals surface area contributed by atoms with Crippen LogP contribution in [0.15, 0.2) is 18.2 Å². The largest absolute Gasteiger partial charge is 0.497 e. The number of hydrogen-bond acceptors (Lipinski definition) is 7. The van der Waals surface area contributed by atoms with Gasteiger partial charge in [-0.2, -0.15) is 4.31 Å². The van der Waals surface area contributed by atoms with Crippen LogP contribution in [-0.2, 0) is 14.8 Å². The van der Waals surface area contributed by atoms with Gasteiger partial charge < -0.3 is 14.5 Å². The van der Waals surface area contributed by atoms with E-state index in [1.165, 1.54) is 10.6 Å². The predicted molar refractivity (Wildman–Crippen MR) is 110 cm³/mol. The number of benzene rings is 1. The lowest BCUT2D eigenvalue weighted by atomic mass is 10.2. The Balaban J connectivity index is 1.42. The van der Waals surface area contributed by atoms with Crippen LogP contribution in [0.3, 0.4) is 0 Å². The SMILES string of the molecule is COc1ccc2nc(N3CCN(C(=O)[C@H]4CCCN4S(C)(=O)=O)CC3)sc2c1. The monoisotopic (exact) mass is 424 g/mol. The zero-order chi connectivity index (χ0) is 19.9. The summed E-state index contributed by atoms with van der Waals surface area (Å²) in [6.07, 6.45) is 2.52. The minimum atomic E-state index is -3.35. The molecule has 1 amide bonds. The summed E-state index contributed by atoms with van der Waals surface area (Å²) in [5.74, 6) is 0.738. The van der Waals surface area contributed by atoms with E-state index in [-0.39, 0.29) is 5.91 Å². The molecule has 152 valence electrons. The van der Waals surface area contributed by atoms with Crippen molar-refractivity contribution in [2.45, 2.75) is 18.9 Å². The normalized spacial score (nSPS) is 21.4. The van der Waals surface area contributed by atoms with Gasteiger partial charge in [0.15, 0.2) is 5.13 Å². The fraction of sp³-hybridized carbons (Fsp3) is 0.556. The fourth-order valence-corrected chi connectivity index (χ4v) is 6.03. The lowest BCUT2D eigenvalue weighted by Crippen LogP contribution is -2.54. The van der Waals surface area contributed by atoms with Crippen LogP contribution in [0.1, 0.15) is 12.8 Å². The quantitative estimate of drug-likeness (QED) is 0.737. The lowest BCUT2D eigenvalue weighted by Gasteiger charge is -2.36. The maximum atomic E-state index is 12.9. The number of rotatable bonds is 4. The molecule has 2 fully saturated rings. The first-order valence-corrected chi connectivity index (χ1v) is 12.0. The highest BCUT2D eigenvalue weighted by molar-refractivity contribution is 7.88. The van der Waals surface area contributed by atoms with Crippen LogP contribution in [0, 0.1) is 0 Å². The molecule has 0 N–H and O–H groups in total. The van der Waals surface area contributed by atoms with Gasteiger partial charge in [-0.1, -0.05) is 11.3 Å². The summed E-state index contributed by atoms with van der Waals surface area (Å²) in [6.45, 7) is 2.96. The molecule has 8 nitrogen and oxygen atoms in total. The number of fused-ring (bicyclic) bond motifs is 1. The molecule has 0 bridgehead atoms. The van der Waals surface area contributed by atoms with Gasteiger partial charge in [-0.15, -0.1) is 0 Å². The zero-order valence-electron chi connectivity index (χ0n) is 16.0. The summed E-state index contributed by atoms with van der Waals surface area (Å²) >= 11 is 1.62. The van der Waals surface area contributed by atoms with Gasteiger partial charge in [0.1, 0.15) is 11.8 Å². The number of carbonyl (C=O) groups excluding carboxylic acids is 1. The Kier molecular flexibility index (Phi) is 5.19. The van der Waals surface area contributed by atoms with Crippen LogP contribution in [0.5, 0.6) is 5.75 Å². The topological polar surface area (TPSA) is 83.1 Å². The minimum absolute atomic E-state index is 0.0726. The minimum Gasteiger partial charge on any atom is -0.497 e. The second-order valence-corrected chi connectivity index (χ2v) is 10.1. The van der Waals surface area contributed by atoms with Crippen molar-refractivity contribution in [1.29, 1.82) is 0 Å². The summed E-state index contributed by atoms with van der Waals surface area (Å²) in [5.41, 5.74) is 0.939. The third kappa shape index (κ3) is 3.68. The second-order valence-electron chi connectivity index (χ2n) is 7.17. The molecule has 0 saturated carbocycles. The predicted octanol–water partition coefficient (Wildman–Crippen LogP) is 1.38. The van der Waals surface area contributed by atoms with Gasteiger partial charge in [0.25, 0.3) is 0 Å². The van der Waals surface area contributed by atoms with Gasteiger partial charge in [0, 0.05) is 32.7 Å². The molecular weight excluding hydrogens is 400 g/mol. The zero-order valence-corrected chi connectivity index (χ0v) is 17.6. The highest BCUT2D eigenvalue weighted by Gasteiger charge is 2.39. The summed E-state index contributed by atoms with van der Waals surface area (Å²) in [4.78, 5) is 21.6. The van der Waals surface area contributed by atoms with Gasteiger partial charge >= 0.3 is 0 Å². The average Bonchev–Trinajstić information content (AvgIpc) is 3.33. The number of anilines is 1. The third-order valence-corrected chi connectivity index (χ3v) is 7.73. The molecule has 2 aliphatic rings. The number of hydrogen-bond donors (Lipinski definition) is 0. The number of thiazole rings is 1. The number of piperazine rings is 1. The van der Waals surface area contributed by atoms with Crippen molar-refractivity contribution in [3.63, 3.8) is 0 Å². The highest BCUT2D eigenvalue weighted by atomic mass is 32.2. The Hall–Kier alpha value is -1.91. The molecule has 2 saturated heterocycles. The van der Waals surface area contributed by atoms with Gasteiger partial charge in [-0.05, 0) is 31.0 Å². The molecule has 10 heteroatoms. The Labute approximate surface area is 168 Å². The molecule has 28 heavy (non-hydrogen) atoms. The number of aromatic nitrogens is 1. The first kappa shape index (κ1) is 19.4. The van der Waals surface area contributed by atoms with E-state index in [0.717, 1.165) is 27.5 Å². The molecule has 0 aliphatic carbocycles. The summed E-state index contributed by atoms with van der Waals surface area (Å²) in [5, 5.41) is 0.939. The Morgan fingerprint density at radius 3 is 2.64 bits per heavy atom. The maximum absolute atomic E-state index is 12.9. The van der Waals surface area contributed by atoms with Crippen molar-refractivity contribution in [3.05, 3.63) is 18.2 Å². The van der Waals surface area contributed by atoms with Gasteiger partial charge in [0.05, 0.1) is 23.6 Å². The van der Waals surface area contributed by atoms with E-state index in [9.17, 15) is 13.2 Å². The molecule has 2 aliphatic heterocycles. The number of carbonyl (C=O) groups is 1. The third-order valence-electron chi connectivity index (χ3n) is 5.36. The van der Waals surface area contributed by atoms with Crippen molar-refractivity contribution in [2.75, 3.05) is 51.0 Å². The number of nitrogens with zero attached hydrogens (tertiary/aromatic N) is 4. The first-order valence-electron chi connectivity index (χ1n) is 9.32. The standard InChI is InChI=1S/C18H24N4O4S2/c1-26-13-5-6-14-16(12-13)27-18(19-14)21-10-8-20(9-11-21)17(23)15-4-3-7-22(15)28(2,24)25/h5-6,12,15H,3-4,7-11H2,1-2H3/t15-/m1/s1. The molecule has 1 atom stereocenters. The lowest BCUT2D eigenvalue weighted by molar-refractivity contribution is -0.134. The van der Waals surface area contributed by atoms with Crippen LogP contribution in [0.25, 0.3) is 10.2 Å². The van der Waals surface area contributed by atoms with Crippen molar-refractivity contribution in [1.82, 2.24) is 14.2 Å². The van der Waals surface area contributed by atoms with E-state index in [2.05, 4.69) is 4.90 Å². The van der Waals surface area contributed by atoms with E-state index in [1.54, 1.807) is 23.3 Å². The highest BCUT2D eigenvalue weighted by Crippen LogP contribution is 2.32. The molecule has 0 spiro atoms. The van der Waals surface area contributed by atoms with E-state index in [4.69, 9.17) is 9.72 Å². The van der Waals surface area contributed by atoms with Crippen molar-refractivity contribution in [3.8, 4) is 5.75 Å². The smallest absolute Gasteiger partial charge is 0.241 e. The average molecular weight is 425 g/mol. The summed E-state index contributed by atoms with van der Waals surface area (Å²) in [6, 6.07) is 5.29. The van der Waals surface area contributed by atoms with Crippen LogP contribution in [0.4, 0.5) is 5.13 Å². The second kappa shape index (κ2) is 7.49. The number of sulfonamides is 1. The molecule has 4 rings (SSSR count). The first-order chi connectivity index (χ1) is 13.4. The van der Waals surface area contributed by atoms with Gasteiger partial charge in [0.2, 0.25) is 15.9 Å². The van der Waals surface area contributed by atoms with Crippen LogP contribution < -0.4 is 9.64 Å². The van der Waals surface area contributed by atoms with Gasteiger partial charge in [-0.25, -0.2) is 13.4 Å². The Bertz CT molecular complexity index is 983. The Morgan fingerprint density at radius 1 is 1.21 bits per heavy atom. The number of amides is 1. The molecular formula is C18H24N4O4S2. The molecule has 0 unspecified atom stereocenters. The van der Waals surface area contributed by atoms with E-state index in [1.807, 2.05) is 18.2 Å². The van der Waals surface area contributed by atoms with Crippen LogP contribution in [-0.4, -0.2) is 80.6 Å². The molecule has 0 radical (unpaired) electrons. The van der Waals surface area contributed by atoms with E-state index >= 15 is 0 Å². The van der Waals surface area contributed by atoms with Crippen LogP contribution >= 0.6 is 11.3 Å². The molecule has 1 aromatic heterocycles.